The molecule has 4 nitrogen and oxygen atoms in total. The van der Waals surface area contributed by atoms with Gasteiger partial charge >= 0.3 is 0 Å². The molecule has 5 heteroatoms. The van der Waals surface area contributed by atoms with Crippen molar-refractivity contribution in [3.8, 4) is 5.75 Å². The van der Waals surface area contributed by atoms with Crippen LogP contribution in [0.5, 0.6) is 5.75 Å². The molecule has 0 fully saturated rings. The highest BCUT2D eigenvalue weighted by molar-refractivity contribution is 9.10. The van der Waals surface area contributed by atoms with Crippen molar-refractivity contribution in [3.63, 3.8) is 0 Å². The summed E-state index contributed by atoms with van der Waals surface area (Å²) in [5.74, 6) is 0.521. The van der Waals surface area contributed by atoms with Gasteiger partial charge in [-0.3, -0.25) is 4.79 Å². The number of halogens is 1. The van der Waals surface area contributed by atoms with Gasteiger partial charge in [-0.25, -0.2) is 0 Å². The van der Waals surface area contributed by atoms with Crippen LogP contribution in [0.4, 0.5) is 0 Å². The molecule has 15 heavy (non-hydrogen) atoms. The van der Waals surface area contributed by atoms with Crippen molar-refractivity contribution in [1.29, 1.82) is 0 Å². The molecular formula is C10H11BrO4. The fourth-order valence-electron chi connectivity index (χ4n) is 0.946. The first-order valence-electron chi connectivity index (χ1n) is 4.34. The molecule has 2 N–H and O–H groups in total. The van der Waals surface area contributed by atoms with Crippen LogP contribution in [0, 0.1) is 0 Å². The Morgan fingerprint density at radius 1 is 1.53 bits per heavy atom. The van der Waals surface area contributed by atoms with Gasteiger partial charge in [0, 0.05) is 5.56 Å². The van der Waals surface area contributed by atoms with Crippen molar-refractivity contribution in [2.24, 2.45) is 0 Å². The van der Waals surface area contributed by atoms with E-state index in [9.17, 15) is 4.79 Å². The fourth-order valence-corrected chi connectivity index (χ4v) is 1.46. The highest BCUT2D eigenvalue weighted by Crippen LogP contribution is 2.25. The van der Waals surface area contributed by atoms with Gasteiger partial charge in [-0.15, -0.1) is 0 Å². The SMILES string of the molecule is O=Cc1ccc(OCC(O)CO)c(Br)c1. The minimum atomic E-state index is -0.900. The van der Waals surface area contributed by atoms with E-state index in [1.54, 1.807) is 18.2 Å². The molecule has 0 aliphatic heterocycles. The van der Waals surface area contributed by atoms with Crippen molar-refractivity contribution in [1.82, 2.24) is 0 Å². The molecule has 0 radical (unpaired) electrons. The second-order valence-electron chi connectivity index (χ2n) is 2.96. The number of benzene rings is 1. The normalized spacial score (nSPS) is 12.2. The van der Waals surface area contributed by atoms with E-state index in [1.807, 2.05) is 0 Å². The topological polar surface area (TPSA) is 66.8 Å². The third-order valence-electron chi connectivity index (χ3n) is 1.73. The fraction of sp³-hybridized carbons (Fsp3) is 0.300. The number of aliphatic hydroxyl groups excluding tert-OH is 2. The molecule has 0 aliphatic rings. The summed E-state index contributed by atoms with van der Waals surface area (Å²) in [7, 11) is 0. The smallest absolute Gasteiger partial charge is 0.150 e. The molecule has 1 atom stereocenters. The van der Waals surface area contributed by atoms with E-state index in [0.717, 1.165) is 6.29 Å². The molecule has 0 saturated carbocycles. The minimum absolute atomic E-state index is 0.00946. The summed E-state index contributed by atoms with van der Waals surface area (Å²) in [5, 5.41) is 17.6. The summed E-state index contributed by atoms with van der Waals surface area (Å²) in [5.41, 5.74) is 0.539. The van der Waals surface area contributed by atoms with Crippen LogP contribution in [0.25, 0.3) is 0 Å². The zero-order chi connectivity index (χ0) is 11.3. The van der Waals surface area contributed by atoms with Gasteiger partial charge in [0.15, 0.2) is 0 Å². The van der Waals surface area contributed by atoms with Gasteiger partial charge in [0.25, 0.3) is 0 Å². The summed E-state index contributed by atoms with van der Waals surface area (Å²) < 4.78 is 5.85. The Morgan fingerprint density at radius 2 is 2.27 bits per heavy atom. The highest BCUT2D eigenvalue weighted by atomic mass is 79.9. The molecule has 0 bridgehead atoms. The first-order chi connectivity index (χ1) is 7.17. The molecular weight excluding hydrogens is 264 g/mol. The number of carbonyl (C=O) groups excluding carboxylic acids is 1. The van der Waals surface area contributed by atoms with Gasteiger partial charge in [-0.05, 0) is 34.1 Å². The molecule has 0 aromatic heterocycles. The zero-order valence-corrected chi connectivity index (χ0v) is 9.48. The second-order valence-corrected chi connectivity index (χ2v) is 3.81. The Hall–Kier alpha value is -0.910. The highest BCUT2D eigenvalue weighted by Gasteiger charge is 2.06. The maximum Gasteiger partial charge on any atom is 0.150 e. The van der Waals surface area contributed by atoms with Crippen LogP contribution in [0.1, 0.15) is 10.4 Å². The van der Waals surface area contributed by atoms with Gasteiger partial charge < -0.3 is 14.9 Å². The lowest BCUT2D eigenvalue weighted by Crippen LogP contribution is -2.21. The van der Waals surface area contributed by atoms with Gasteiger partial charge in [0.1, 0.15) is 24.7 Å². The lowest BCUT2D eigenvalue weighted by atomic mass is 10.2. The Bertz CT molecular complexity index is 340. The standard InChI is InChI=1S/C10H11BrO4/c11-9-3-7(4-12)1-2-10(9)15-6-8(14)5-13/h1-4,8,13-14H,5-6H2. The first kappa shape index (κ1) is 12.2. The minimum Gasteiger partial charge on any atom is -0.490 e. The van der Waals surface area contributed by atoms with E-state index in [-0.39, 0.29) is 13.2 Å². The van der Waals surface area contributed by atoms with Crippen LogP contribution in [-0.2, 0) is 0 Å². The van der Waals surface area contributed by atoms with E-state index in [2.05, 4.69) is 15.9 Å². The number of aliphatic hydroxyl groups is 2. The Labute approximate surface area is 95.6 Å². The monoisotopic (exact) mass is 274 g/mol. The molecule has 0 aliphatic carbocycles. The molecule has 1 aromatic carbocycles. The van der Waals surface area contributed by atoms with Crippen molar-refractivity contribution in [2.45, 2.75) is 6.10 Å². The third kappa shape index (κ3) is 3.62. The average Bonchev–Trinajstić information content (AvgIpc) is 2.26. The van der Waals surface area contributed by atoms with Crippen LogP contribution < -0.4 is 4.74 Å². The van der Waals surface area contributed by atoms with Gasteiger partial charge in [-0.1, -0.05) is 0 Å². The Kier molecular flexibility index (Phi) is 4.74. The average molecular weight is 275 g/mol. The van der Waals surface area contributed by atoms with Crippen LogP contribution in [0.3, 0.4) is 0 Å². The number of aldehydes is 1. The van der Waals surface area contributed by atoms with Gasteiger partial charge in [0.05, 0.1) is 11.1 Å². The van der Waals surface area contributed by atoms with Crippen molar-refractivity contribution in [2.75, 3.05) is 13.2 Å². The Morgan fingerprint density at radius 3 is 2.80 bits per heavy atom. The van der Waals surface area contributed by atoms with Gasteiger partial charge in [-0.2, -0.15) is 0 Å². The largest absolute Gasteiger partial charge is 0.490 e. The second kappa shape index (κ2) is 5.85. The van der Waals surface area contributed by atoms with E-state index in [1.165, 1.54) is 0 Å². The number of hydrogen-bond donors (Lipinski definition) is 2. The van der Waals surface area contributed by atoms with Crippen LogP contribution in [0.2, 0.25) is 0 Å². The summed E-state index contributed by atoms with van der Waals surface area (Å²) in [4.78, 5) is 10.4. The summed E-state index contributed by atoms with van der Waals surface area (Å²) in [6.07, 6.45) is -0.167. The van der Waals surface area contributed by atoms with E-state index < -0.39 is 6.10 Å². The van der Waals surface area contributed by atoms with Crippen molar-refractivity contribution < 1.29 is 19.7 Å². The summed E-state index contributed by atoms with van der Waals surface area (Å²) in [6, 6.07) is 4.85. The zero-order valence-electron chi connectivity index (χ0n) is 7.89. The Balaban J connectivity index is 2.65. The van der Waals surface area contributed by atoms with Crippen molar-refractivity contribution >= 4 is 22.2 Å². The van der Waals surface area contributed by atoms with Crippen molar-refractivity contribution in [3.05, 3.63) is 28.2 Å². The van der Waals surface area contributed by atoms with E-state index in [4.69, 9.17) is 14.9 Å². The number of rotatable bonds is 5. The molecule has 82 valence electrons. The predicted octanol–water partition coefficient (Wildman–Crippen LogP) is 0.994. The first-order valence-corrected chi connectivity index (χ1v) is 5.13. The lowest BCUT2D eigenvalue weighted by molar-refractivity contribution is 0.0533. The maximum atomic E-state index is 10.4. The molecule has 0 amide bonds. The van der Waals surface area contributed by atoms with Gasteiger partial charge in [0.2, 0.25) is 0 Å². The molecule has 0 saturated heterocycles. The predicted molar refractivity (Wildman–Crippen MR) is 58.1 cm³/mol. The summed E-state index contributed by atoms with van der Waals surface area (Å²) in [6.45, 7) is -0.334. The molecule has 1 unspecified atom stereocenters. The van der Waals surface area contributed by atoms with E-state index >= 15 is 0 Å². The number of hydrogen-bond acceptors (Lipinski definition) is 4. The summed E-state index contributed by atoms with van der Waals surface area (Å²) >= 11 is 3.23. The van der Waals surface area contributed by atoms with E-state index in [0.29, 0.717) is 15.8 Å². The number of carbonyl (C=O) groups is 1. The maximum absolute atomic E-state index is 10.4. The lowest BCUT2D eigenvalue weighted by Gasteiger charge is -2.11. The number of ether oxygens (including phenoxy) is 1. The van der Waals surface area contributed by atoms with Crippen LogP contribution in [0.15, 0.2) is 22.7 Å². The van der Waals surface area contributed by atoms with Crippen LogP contribution in [-0.4, -0.2) is 35.8 Å². The molecule has 1 rings (SSSR count). The van der Waals surface area contributed by atoms with Crippen LogP contribution >= 0.6 is 15.9 Å². The third-order valence-corrected chi connectivity index (χ3v) is 2.35. The quantitative estimate of drug-likeness (QED) is 0.786. The molecule has 1 aromatic rings. The molecule has 0 heterocycles. The molecule has 0 spiro atoms.